The van der Waals surface area contributed by atoms with Gasteiger partial charge in [0.05, 0.1) is 21.8 Å². The third-order valence-electron chi connectivity index (χ3n) is 4.84. The molecule has 7 nitrogen and oxygen atoms in total. The Morgan fingerprint density at radius 3 is 2.29 bits per heavy atom. The first-order valence-electron chi connectivity index (χ1n) is 10.6. The van der Waals surface area contributed by atoms with Gasteiger partial charge in [-0.05, 0) is 74.9 Å². The first-order valence-corrected chi connectivity index (χ1v) is 12.4. The van der Waals surface area contributed by atoms with Crippen LogP contribution < -0.4 is 14.9 Å². The molecular weight excluding hydrogens is 474 g/mol. The maximum Gasteiger partial charge on any atom is 0.264 e. The number of rotatable bonds is 8. The van der Waals surface area contributed by atoms with E-state index in [-0.39, 0.29) is 22.4 Å². The maximum absolute atomic E-state index is 13.5. The van der Waals surface area contributed by atoms with Crippen LogP contribution in [-0.2, 0) is 14.8 Å². The van der Waals surface area contributed by atoms with Crippen LogP contribution in [0.1, 0.15) is 29.8 Å². The van der Waals surface area contributed by atoms with Crippen LogP contribution in [0.5, 0.6) is 0 Å². The summed E-state index contributed by atoms with van der Waals surface area (Å²) >= 11 is 5.92. The first-order chi connectivity index (χ1) is 16.1. The van der Waals surface area contributed by atoms with Crippen LogP contribution in [0.2, 0.25) is 5.02 Å². The van der Waals surface area contributed by atoms with E-state index < -0.39 is 22.5 Å². The van der Waals surface area contributed by atoms with Gasteiger partial charge >= 0.3 is 0 Å². The van der Waals surface area contributed by atoms with Crippen molar-refractivity contribution in [2.75, 3.05) is 16.2 Å². The topological polar surface area (TPSA) is 95.6 Å². The fourth-order valence-electron chi connectivity index (χ4n) is 3.28. The average Bonchev–Trinajstić information content (AvgIpc) is 2.77. The fraction of sp³-hybridized carbons (Fsp3) is 0.200. The SMILES string of the molecule is Cc1cccc(N(CC(=O)Nc2ccccc2C(=O)NC(C)C)S(=O)(=O)c2ccc(Cl)cc2)c1. The third kappa shape index (κ3) is 6.15. The summed E-state index contributed by atoms with van der Waals surface area (Å²) in [6, 6.07) is 19.1. The summed E-state index contributed by atoms with van der Waals surface area (Å²) in [6.45, 7) is 5.01. The Bertz CT molecular complexity index is 1290. The van der Waals surface area contributed by atoms with E-state index in [9.17, 15) is 18.0 Å². The van der Waals surface area contributed by atoms with Gasteiger partial charge in [-0.15, -0.1) is 0 Å². The van der Waals surface area contributed by atoms with Crippen molar-refractivity contribution in [2.45, 2.75) is 31.7 Å². The zero-order valence-electron chi connectivity index (χ0n) is 19.1. The molecule has 0 atom stereocenters. The summed E-state index contributed by atoms with van der Waals surface area (Å²) in [4.78, 5) is 25.6. The first kappa shape index (κ1) is 25.3. The molecule has 3 rings (SSSR count). The molecule has 3 aromatic carbocycles. The van der Waals surface area contributed by atoms with Gasteiger partial charge in [-0.2, -0.15) is 0 Å². The summed E-state index contributed by atoms with van der Waals surface area (Å²) in [5.41, 5.74) is 1.76. The van der Waals surface area contributed by atoms with Crippen LogP contribution in [0.3, 0.4) is 0 Å². The lowest BCUT2D eigenvalue weighted by molar-refractivity contribution is -0.114. The highest BCUT2D eigenvalue weighted by Crippen LogP contribution is 2.26. The summed E-state index contributed by atoms with van der Waals surface area (Å²) in [5.74, 6) is -0.931. The number of carbonyl (C=O) groups is 2. The molecule has 0 saturated heterocycles. The molecule has 0 heterocycles. The number of nitrogens with one attached hydrogen (secondary N) is 2. The number of nitrogens with zero attached hydrogens (tertiary/aromatic N) is 1. The number of hydrogen-bond donors (Lipinski definition) is 2. The van der Waals surface area contributed by atoms with E-state index in [1.54, 1.807) is 42.5 Å². The number of carbonyl (C=O) groups excluding carboxylic acids is 2. The van der Waals surface area contributed by atoms with Crippen molar-refractivity contribution >= 4 is 44.8 Å². The van der Waals surface area contributed by atoms with Gasteiger partial charge in [0.15, 0.2) is 0 Å². The molecule has 0 bridgehead atoms. The van der Waals surface area contributed by atoms with Crippen LogP contribution >= 0.6 is 11.6 Å². The van der Waals surface area contributed by atoms with Crippen LogP contribution in [0.25, 0.3) is 0 Å². The summed E-state index contributed by atoms with van der Waals surface area (Å²) in [5, 5.41) is 5.87. The molecule has 0 aliphatic rings. The molecular formula is C25H26ClN3O4S. The molecule has 9 heteroatoms. The van der Waals surface area contributed by atoms with Crippen molar-refractivity contribution < 1.29 is 18.0 Å². The zero-order valence-corrected chi connectivity index (χ0v) is 20.7. The Morgan fingerprint density at radius 2 is 1.65 bits per heavy atom. The Kier molecular flexibility index (Phi) is 7.96. The standard InChI is InChI=1S/C25H26ClN3O4S/c1-17(2)27-25(31)22-9-4-5-10-23(22)28-24(30)16-29(20-8-6-7-18(3)15-20)34(32,33)21-13-11-19(26)12-14-21/h4-15,17H,16H2,1-3H3,(H,27,31)(H,28,30). The maximum atomic E-state index is 13.5. The van der Waals surface area contributed by atoms with Crippen molar-refractivity contribution in [3.8, 4) is 0 Å². The second-order valence-electron chi connectivity index (χ2n) is 8.03. The van der Waals surface area contributed by atoms with Gasteiger partial charge in [0, 0.05) is 11.1 Å². The van der Waals surface area contributed by atoms with Crippen LogP contribution in [0.4, 0.5) is 11.4 Å². The van der Waals surface area contributed by atoms with Crippen molar-refractivity contribution in [1.29, 1.82) is 0 Å². The molecule has 0 saturated carbocycles. The Morgan fingerprint density at radius 1 is 0.971 bits per heavy atom. The van der Waals surface area contributed by atoms with Gasteiger partial charge in [-0.1, -0.05) is 35.9 Å². The lowest BCUT2D eigenvalue weighted by Crippen LogP contribution is -2.38. The van der Waals surface area contributed by atoms with E-state index in [1.165, 1.54) is 24.3 Å². The Hall–Kier alpha value is -3.36. The molecule has 3 aromatic rings. The van der Waals surface area contributed by atoms with E-state index in [2.05, 4.69) is 10.6 Å². The minimum Gasteiger partial charge on any atom is -0.350 e. The average molecular weight is 500 g/mol. The molecule has 2 N–H and O–H groups in total. The fourth-order valence-corrected chi connectivity index (χ4v) is 4.82. The molecule has 0 fully saturated rings. The molecule has 0 unspecified atom stereocenters. The highest BCUT2D eigenvalue weighted by molar-refractivity contribution is 7.92. The van der Waals surface area contributed by atoms with E-state index in [0.717, 1.165) is 9.87 Å². The van der Waals surface area contributed by atoms with Gasteiger partial charge in [-0.3, -0.25) is 13.9 Å². The summed E-state index contributed by atoms with van der Waals surface area (Å²) in [7, 11) is -4.08. The lowest BCUT2D eigenvalue weighted by Gasteiger charge is -2.24. The molecule has 0 aliphatic carbocycles. The molecule has 34 heavy (non-hydrogen) atoms. The predicted molar refractivity (Wildman–Crippen MR) is 135 cm³/mol. The normalized spacial score (nSPS) is 11.2. The quantitative estimate of drug-likeness (QED) is 0.472. The van der Waals surface area contributed by atoms with E-state index in [4.69, 9.17) is 11.6 Å². The molecule has 2 amide bonds. The Balaban J connectivity index is 1.93. The number of amides is 2. The molecule has 0 aliphatic heterocycles. The van der Waals surface area contributed by atoms with Crippen molar-refractivity contribution in [3.63, 3.8) is 0 Å². The van der Waals surface area contributed by atoms with E-state index >= 15 is 0 Å². The van der Waals surface area contributed by atoms with Crippen molar-refractivity contribution in [3.05, 3.63) is 88.9 Å². The number of para-hydroxylation sites is 1. The highest BCUT2D eigenvalue weighted by atomic mass is 35.5. The number of hydrogen-bond acceptors (Lipinski definition) is 4. The third-order valence-corrected chi connectivity index (χ3v) is 6.88. The zero-order chi connectivity index (χ0) is 24.9. The van der Waals surface area contributed by atoms with Crippen LogP contribution in [0.15, 0.2) is 77.7 Å². The summed E-state index contributed by atoms with van der Waals surface area (Å²) < 4.78 is 28.0. The second-order valence-corrected chi connectivity index (χ2v) is 10.3. The number of anilines is 2. The van der Waals surface area contributed by atoms with E-state index in [1.807, 2.05) is 26.8 Å². The minimum atomic E-state index is -4.08. The van der Waals surface area contributed by atoms with Crippen LogP contribution in [0, 0.1) is 6.92 Å². The van der Waals surface area contributed by atoms with Gasteiger partial charge in [0.25, 0.3) is 15.9 Å². The largest absolute Gasteiger partial charge is 0.350 e. The van der Waals surface area contributed by atoms with Crippen LogP contribution in [-0.4, -0.2) is 32.8 Å². The molecule has 0 aromatic heterocycles. The monoisotopic (exact) mass is 499 g/mol. The van der Waals surface area contributed by atoms with Gasteiger partial charge in [0.1, 0.15) is 6.54 Å². The molecule has 178 valence electrons. The second kappa shape index (κ2) is 10.7. The molecule has 0 radical (unpaired) electrons. The smallest absolute Gasteiger partial charge is 0.264 e. The number of sulfonamides is 1. The minimum absolute atomic E-state index is 0.00270. The lowest BCUT2D eigenvalue weighted by atomic mass is 10.1. The van der Waals surface area contributed by atoms with E-state index in [0.29, 0.717) is 16.4 Å². The molecule has 0 spiro atoms. The van der Waals surface area contributed by atoms with Crippen molar-refractivity contribution in [1.82, 2.24) is 5.32 Å². The number of benzene rings is 3. The van der Waals surface area contributed by atoms with Gasteiger partial charge in [0.2, 0.25) is 5.91 Å². The Labute approximate surface area is 204 Å². The van der Waals surface area contributed by atoms with Crippen molar-refractivity contribution in [2.24, 2.45) is 0 Å². The van der Waals surface area contributed by atoms with Gasteiger partial charge in [-0.25, -0.2) is 8.42 Å². The van der Waals surface area contributed by atoms with Gasteiger partial charge < -0.3 is 10.6 Å². The summed E-state index contributed by atoms with van der Waals surface area (Å²) in [6.07, 6.45) is 0. The number of halogens is 1. The highest BCUT2D eigenvalue weighted by Gasteiger charge is 2.28. The number of aryl methyl sites for hydroxylation is 1. The predicted octanol–water partition coefficient (Wildman–Crippen LogP) is 4.62.